The number of Topliss-reactive ketones (excluding diaryl/α,β-unsaturated/α-hetero) is 1. The molecule has 0 aliphatic heterocycles. The lowest BCUT2D eigenvalue weighted by atomic mass is 10.0. The van der Waals surface area contributed by atoms with Crippen LogP contribution >= 0.6 is 0 Å². The number of hydrogen-bond acceptors (Lipinski definition) is 1. The first-order valence-corrected chi connectivity index (χ1v) is 4.44. The number of carbonyl (C=O) groups is 1. The molecule has 0 radical (unpaired) electrons. The van der Waals surface area contributed by atoms with Crippen LogP contribution in [-0.2, 0) is 6.18 Å². The van der Waals surface area contributed by atoms with E-state index in [1.54, 1.807) is 0 Å². The van der Waals surface area contributed by atoms with Crippen LogP contribution in [0, 0.1) is 11.6 Å². The van der Waals surface area contributed by atoms with Crippen LogP contribution in [0.15, 0.2) is 12.1 Å². The summed E-state index contributed by atoms with van der Waals surface area (Å²) < 4.78 is 88.4. The third kappa shape index (κ3) is 2.62. The van der Waals surface area contributed by atoms with Gasteiger partial charge in [-0.05, 0) is 12.1 Å². The Balaban J connectivity index is 3.51. The predicted octanol–water partition coefficient (Wildman–Crippen LogP) is 3.82. The lowest BCUT2D eigenvalue weighted by Crippen LogP contribution is -2.27. The molecular weight excluding hydrogens is 269 g/mol. The van der Waals surface area contributed by atoms with Gasteiger partial charge in [-0.3, -0.25) is 4.79 Å². The lowest BCUT2D eigenvalue weighted by molar-refractivity contribution is -0.140. The summed E-state index contributed by atoms with van der Waals surface area (Å²) in [7, 11) is 0. The maximum absolute atomic E-state index is 13.3. The minimum Gasteiger partial charge on any atom is -0.287 e. The minimum absolute atomic E-state index is 0.0362. The van der Waals surface area contributed by atoms with E-state index in [4.69, 9.17) is 0 Å². The second-order valence-electron chi connectivity index (χ2n) is 3.50. The molecular formula is C10H5F7O. The highest BCUT2D eigenvalue weighted by atomic mass is 19.4. The molecule has 1 aromatic carbocycles. The van der Waals surface area contributed by atoms with E-state index in [9.17, 15) is 35.5 Å². The second kappa shape index (κ2) is 4.25. The third-order valence-corrected chi connectivity index (χ3v) is 2.02. The topological polar surface area (TPSA) is 17.1 Å². The summed E-state index contributed by atoms with van der Waals surface area (Å²) in [5.41, 5.74) is -3.87. The Kier molecular flexibility index (Phi) is 3.42. The first kappa shape index (κ1) is 14.5. The fourth-order valence-corrected chi connectivity index (χ4v) is 1.20. The summed E-state index contributed by atoms with van der Waals surface area (Å²) in [4.78, 5) is 11.0. The zero-order chi connectivity index (χ0) is 14.3. The molecule has 0 atom stereocenters. The van der Waals surface area contributed by atoms with E-state index < -0.39 is 40.6 Å². The Morgan fingerprint density at radius 2 is 1.56 bits per heavy atom. The van der Waals surface area contributed by atoms with Gasteiger partial charge in [-0.1, -0.05) is 0 Å². The highest BCUT2D eigenvalue weighted by molar-refractivity contribution is 6.01. The molecule has 1 nitrogen and oxygen atoms in total. The summed E-state index contributed by atoms with van der Waals surface area (Å²) in [6, 6.07) is 0.153. The first-order chi connectivity index (χ1) is 7.96. The smallest absolute Gasteiger partial charge is 0.287 e. The van der Waals surface area contributed by atoms with Crippen LogP contribution in [0.3, 0.4) is 0 Å². The average Bonchev–Trinajstić information content (AvgIpc) is 2.13. The van der Waals surface area contributed by atoms with Crippen LogP contribution < -0.4 is 0 Å². The van der Waals surface area contributed by atoms with Crippen LogP contribution in [0.25, 0.3) is 0 Å². The van der Waals surface area contributed by atoms with Gasteiger partial charge in [-0.15, -0.1) is 0 Å². The first-order valence-electron chi connectivity index (χ1n) is 4.44. The van der Waals surface area contributed by atoms with Crippen molar-refractivity contribution in [1.82, 2.24) is 0 Å². The molecule has 0 bridgehead atoms. The van der Waals surface area contributed by atoms with Crippen molar-refractivity contribution >= 4 is 5.78 Å². The second-order valence-corrected chi connectivity index (χ2v) is 3.50. The van der Waals surface area contributed by atoms with Crippen molar-refractivity contribution in [3.63, 3.8) is 0 Å². The summed E-state index contributed by atoms with van der Waals surface area (Å²) in [5.74, 6) is -10.6. The SMILES string of the molecule is CC(F)(F)C(=O)c1c(F)ccc(C(F)(F)F)c1F. The molecule has 100 valence electrons. The van der Waals surface area contributed by atoms with Gasteiger partial charge in [0.2, 0.25) is 5.78 Å². The quantitative estimate of drug-likeness (QED) is 0.592. The summed E-state index contributed by atoms with van der Waals surface area (Å²) in [5, 5.41) is 0. The van der Waals surface area contributed by atoms with Crippen LogP contribution in [-0.4, -0.2) is 11.7 Å². The van der Waals surface area contributed by atoms with E-state index in [0.717, 1.165) is 0 Å². The molecule has 1 rings (SSSR count). The molecule has 0 saturated heterocycles. The summed E-state index contributed by atoms with van der Waals surface area (Å²) in [6.45, 7) is 0.0362. The normalized spacial score (nSPS) is 12.7. The van der Waals surface area contributed by atoms with Crippen molar-refractivity contribution in [2.75, 3.05) is 0 Å². The van der Waals surface area contributed by atoms with E-state index in [0.29, 0.717) is 0 Å². The van der Waals surface area contributed by atoms with Crippen LogP contribution in [0.4, 0.5) is 30.7 Å². The standard InChI is InChI=1S/C10H5F7O/c1-9(13,14)8(18)6-5(11)3-2-4(7(6)12)10(15,16)17/h2-3H,1H3. The predicted molar refractivity (Wildman–Crippen MR) is 46.3 cm³/mol. The Morgan fingerprint density at radius 3 is 1.94 bits per heavy atom. The zero-order valence-electron chi connectivity index (χ0n) is 8.71. The van der Waals surface area contributed by atoms with Gasteiger partial charge in [0, 0.05) is 6.92 Å². The van der Waals surface area contributed by atoms with Gasteiger partial charge in [0.05, 0.1) is 11.1 Å². The number of rotatable bonds is 2. The van der Waals surface area contributed by atoms with Gasteiger partial charge in [-0.2, -0.15) is 22.0 Å². The van der Waals surface area contributed by atoms with Crippen molar-refractivity contribution in [3.8, 4) is 0 Å². The molecule has 0 aliphatic rings. The Morgan fingerprint density at radius 1 is 1.06 bits per heavy atom. The van der Waals surface area contributed by atoms with Gasteiger partial charge in [0.25, 0.3) is 0 Å². The molecule has 0 N–H and O–H groups in total. The van der Waals surface area contributed by atoms with Crippen LogP contribution in [0.2, 0.25) is 0 Å². The van der Waals surface area contributed by atoms with Gasteiger partial charge in [-0.25, -0.2) is 8.78 Å². The molecule has 0 fully saturated rings. The molecule has 0 aliphatic carbocycles. The number of alkyl halides is 5. The summed E-state index contributed by atoms with van der Waals surface area (Å²) >= 11 is 0. The van der Waals surface area contributed by atoms with Crippen molar-refractivity contribution in [2.45, 2.75) is 19.0 Å². The molecule has 1 aromatic rings. The van der Waals surface area contributed by atoms with Gasteiger partial charge < -0.3 is 0 Å². The van der Waals surface area contributed by atoms with Crippen LogP contribution in [0.5, 0.6) is 0 Å². The van der Waals surface area contributed by atoms with E-state index in [1.807, 2.05) is 0 Å². The molecule has 0 aromatic heterocycles. The molecule has 0 spiro atoms. The van der Waals surface area contributed by atoms with Crippen molar-refractivity contribution in [3.05, 3.63) is 34.9 Å². The number of hydrogen-bond donors (Lipinski definition) is 0. The monoisotopic (exact) mass is 274 g/mol. The zero-order valence-corrected chi connectivity index (χ0v) is 8.71. The molecule has 0 heterocycles. The van der Waals surface area contributed by atoms with Crippen molar-refractivity contribution in [2.24, 2.45) is 0 Å². The van der Waals surface area contributed by atoms with Crippen molar-refractivity contribution < 1.29 is 35.5 Å². The Hall–Kier alpha value is -1.60. The number of carbonyl (C=O) groups excluding carboxylic acids is 1. The Bertz CT molecular complexity index is 484. The fraction of sp³-hybridized carbons (Fsp3) is 0.300. The Labute approximate surface area is 96.2 Å². The third-order valence-electron chi connectivity index (χ3n) is 2.02. The average molecular weight is 274 g/mol. The summed E-state index contributed by atoms with van der Waals surface area (Å²) in [6.07, 6.45) is -5.21. The highest BCUT2D eigenvalue weighted by Crippen LogP contribution is 2.34. The van der Waals surface area contributed by atoms with E-state index in [2.05, 4.69) is 0 Å². The van der Waals surface area contributed by atoms with Gasteiger partial charge >= 0.3 is 12.1 Å². The van der Waals surface area contributed by atoms with Gasteiger partial charge in [0.1, 0.15) is 11.6 Å². The molecule has 0 saturated carbocycles. The molecule has 18 heavy (non-hydrogen) atoms. The number of ketones is 1. The van der Waals surface area contributed by atoms with E-state index in [-0.39, 0.29) is 19.1 Å². The minimum atomic E-state index is -5.21. The number of halogens is 7. The molecule has 0 unspecified atom stereocenters. The largest absolute Gasteiger partial charge is 0.419 e. The number of benzene rings is 1. The molecule has 0 amide bonds. The van der Waals surface area contributed by atoms with Crippen LogP contribution in [0.1, 0.15) is 22.8 Å². The maximum atomic E-state index is 13.3. The highest BCUT2D eigenvalue weighted by Gasteiger charge is 2.42. The fourth-order valence-electron chi connectivity index (χ4n) is 1.20. The van der Waals surface area contributed by atoms with E-state index in [1.165, 1.54) is 0 Å². The lowest BCUT2D eigenvalue weighted by Gasteiger charge is -2.14. The maximum Gasteiger partial charge on any atom is 0.419 e. The molecule has 8 heteroatoms. The van der Waals surface area contributed by atoms with Crippen molar-refractivity contribution in [1.29, 1.82) is 0 Å². The van der Waals surface area contributed by atoms with Gasteiger partial charge in [0.15, 0.2) is 0 Å². The van der Waals surface area contributed by atoms with E-state index >= 15 is 0 Å².